The summed E-state index contributed by atoms with van der Waals surface area (Å²) in [5.74, 6) is 0.692. The number of nitriles is 1. The number of amides is 2. The van der Waals surface area contributed by atoms with Gasteiger partial charge in [-0.05, 0) is 30.4 Å². The summed E-state index contributed by atoms with van der Waals surface area (Å²) < 4.78 is 0. The molecule has 1 aromatic carbocycles. The zero-order valence-electron chi connectivity index (χ0n) is 14.4. The van der Waals surface area contributed by atoms with Crippen molar-refractivity contribution in [1.82, 2.24) is 9.80 Å². The third kappa shape index (κ3) is 4.35. The van der Waals surface area contributed by atoms with Crippen molar-refractivity contribution in [3.8, 4) is 6.07 Å². The number of nitrogens with zero attached hydrogens (tertiary/aromatic N) is 3. The van der Waals surface area contributed by atoms with Gasteiger partial charge in [0.1, 0.15) is 6.54 Å². The second-order valence-electron chi connectivity index (χ2n) is 6.45. The molecule has 128 valence electrons. The molecule has 5 heteroatoms. The van der Waals surface area contributed by atoms with Crippen LogP contribution in [0.15, 0.2) is 30.3 Å². The van der Waals surface area contributed by atoms with Gasteiger partial charge in [-0.15, -0.1) is 0 Å². The molecule has 0 aromatic heterocycles. The van der Waals surface area contributed by atoms with Gasteiger partial charge in [0.15, 0.2) is 0 Å². The number of hydrogen-bond donors (Lipinski definition) is 0. The molecule has 0 spiro atoms. The van der Waals surface area contributed by atoms with Crippen LogP contribution >= 0.6 is 0 Å². The Morgan fingerprint density at radius 2 is 2.00 bits per heavy atom. The van der Waals surface area contributed by atoms with Crippen molar-refractivity contribution in [3.05, 3.63) is 35.9 Å². The number of hydrogen-bond acceptors (Lipinski definition) is 3. The predicted molar refractivity (Wildman–Crippen MR) is 92.1 cm³/mol. The first-order valence-electron chi connectivity index (χ1n) is 8.52. The molecule has 1 aliphatic rings. The van der Waals surface area contributed by atoms with E-state index < -0.39 is 0 Å². The molecule has 1 fully saturated rings. The highest BCUT2D eigenvalue weighted by Crippen LogP contribution is 2.30. The van der Waals surface area contributed by atoms with E-state index in [1.165, 1.54) is 4.90 Å². The molecule has 2 rings (SSSR count). The number of likely N-dealkylation sites (tertiary alicyclic amines) is 1. The average Bonchev–Trinajstić information content (AvgIpc) is 2.62. The lowest BCUT2D eigenvalue weighted by Gasteiger charge is -2.38. The molecule has 1 saturated heterocycles. The van der Waals surface area contributed by atoms with Crippen molar-refractivity contribution in [2.45, 2.75) is 26.2 Å². The number of piperidine rings is 1. The summed E-state index contributed by atoms with van der Waals surface area (Å²) in [7, 11) is 1.67. The van der Waals surface area contributed by atoms with Crippen LogP contribution < -0.4 is 0 Å². The second-order valence-corrected chi connectivity index (χ2v) is 6.45. The Labute approximate surface area is 143 Å². The van der Waals surface area contributed by atoms with Gasteiger partial charge in [-0.25, -0.2) is 0 Å². The molecule has 0 aliphatic carbocycles. The maximum absolute atomic E-state index is 12.6. The molecule has 0 radical (unpaired) electrons. The van der Waals surface area contributed by atoms with E-state index in [1.54, 1.807) is 7.05 Å². The fourth-order valence-corrected chi connectivity index (χ4v) is 3.33. The lowest BCUT2D eigenvalue weighted by molar-refractivity contribution is -0.131. The van der Waals surface area contributed by atoms with Crippen LogP contribution in [0.4, 0.5) is 0 Å². The van der Waals surface area contributed by atoms with E-state index >= 15 is 0 Å². The lowest BCUT2D eigenvalue weighted by atomic mass is 9.81. The number of rotatable bonds is 5. The summed E-state index contributed by atoms with van der Waals surface area (Å²) in [5, 5.41) is 8.71. The van der Waals surface area contributed by atoms with E-state index in [1.807, 2.05) is 41.3 Å². The minimum Gasteiger partial charge on any atom is -0.338 e. The minimum absolute atomic E-state index is 0.0165. The van der Waals surface area contributed by atoms with Crippen LogP contribution in [0.5, 0.6) is 0 Å². The molecule has 0 bridgehead atoms. The molecule has 24 heavy (non-hydrogen) atoms. The molecule has 0 saturated carbocycles. The number of carbonyl (C=O) groups is 2. The summed E-state index contributed by atoms with van der Waals surface area (Å²) in [6.07, 6.45) is 2.24. The quantitative estimate of drug-likeness (QED) is 0.781. The molecule has 0 unspecified atom stereocenters. The van der Waals surface area contributed by atoms with Crippen molar-refractivity contribution in [2.24, 2.45) is 11.8 Å². The van der Waals surface area contributed by atoms with Gasteiger partial charge in [-0.3, -0.25) is 9.59 Å². The first-order chi connectivity index (χ1) is 11.6. The molecule has 5 nitrogen and oxygen atoms in total. The Morgan fingerprint density at radius 3 is 2.62 bits per heavy atom. The highest BCUT2D eigenvalue weighted by Gasteiger charge is 2.32. The van der Waals surface area contributed by atoms with E-state index in [9.17, 15) is 9.59 Å². The Hall–Kier alpha value is -2.35. The first-order valence-corrected chi connectivity index (χ1v) is 8.52. The van der Waals surface area contributed by atoms with Crippen molar-refractivity contribution in [2.75, 3.05) is 26.7 Å². The summed E-state index contributed by atoms with van der Waals surface area (Å²) in [6.45, 7) is 3.62. The SMILES string of the molecule is CC[C@H]1CN(C(=O)c2ccccc2)CC[C@H]1CC(=O)N(C)CC#N. The van der Waals surface area contributed by atoms with Gasteiger partial charge in [0.2, 0.25) is 5.91 Å². The summed E-state index contributed by atoms with van der Waals surface area (Å²) in [4.78, 5) is 28.2. The Bertz CT molecular complexity index is 609. The van der Waals surface area contributed by atoms with Crippen molar-refractivity contribution < 1.29 is 9.59 Å². The van der Waals surface area contributed by atoms with Crippen molar-refractivity contribution in [1.29, 1.82) is 5.26 Å². The first kappa shape index (κ1) is 18.0. The zero-order chi connectivity index (χ0) is 17.5. The Morgan fingerprint density at radius 1 is 1.29 bits per heavy atom. The van der Waals surface area contributed by atoms with Gasteiger partial charge in [0.05, 0.1) is 6.07 Å². The Kier molecular flexibility index (Phi) is 6.36. The fraction of sp³-hybridized carbons (Fsp3) is 0.526. The largest absolute Gasteiger partial charge is 0.338 e. The zero-order valence-corrected chi connectivity index (χ0v) is 14.4. The van der Waals surface area contributed by atoms with Crippen LogP contribution in [0.1, 0.15) is 36.5 Å². The smallest absolute Gasteiger partial charge is 0.253 e. The van der Waals surface area contributed by atoms with E-state index in [0.29, 0.717) is 25.4 Å². The fourth-order valence-electron chi connectivity index (χ4n) is 3.33. The van der Waals surface area contributed by atoms with Crippen LogP contribution in [-0.2, 0) is 4.79 Å². The monoisotopic (exact) mass is 327 g/mol. The molecule has 2 amide bonds. The Balaban J connectivity index is 1.97. The molecular weight excluding hydrogens is 302 g/mol. The van der Waals surface area contributed by atoms with Gasteiger partial charge in [-0.2, -0.15) is 5.26 Å². The van der Waals surface area contributed by atoms with E-state index in [-0.39, 0.29) is 24.3 Å². The van der Waals surface area contributed by atoms with Gasteiger partial charge >= 0.3 is 0 Å². The summed E-state index contributed by atoms with van der Waals surface area (Å²) >= 11 is 0. The van der Waals surface area contributed by atoms with Crippen LogP contribution in [0.25, 0.3) is 0 Å². The van der Waals surface area contributed by atoms with Crippen molar-refractivity contribution in [3.63, 3.8) is 0 Å². The highest BCUT2D eigenvalue weighted by molar-refractivity contribution is 5.94. The summed E-state index contributed by atoms with van der Waals surface area (Å²) in [5.41, 5.74) is 0.718. The average molecular weight is 327 g/mol. The van der Waals surface area contributed by atoms with E-state index in [0.717, 1.165) is 18.4 Å². The van der Waals surface area contributed by atoms with E-state index in [2.05, 4.69) is 6.92 Å². The van der Waals surface area contributed by atoms with E-state index in [4.69, 9.17) is 5.26 Å². The van der Waals surface area contributed by atoms with Gasteiger partial charge in [0, 0.05) is 32.1 Å². The third-order valence-electron chi connectivity index (χ3n) is 4.89. The highest BCUT2D eigenvalue weighted by atomic mass is 16.2. The maximum Gasteiger partial charge on any atom is 0.253 e. The molecule has 1 heterocycles. The van der Waals surface area contributed by atoms with Gasteiger partial charge in [0.25, 0.3) is 5.91 Å². The van der Waals surface area contributed by atoms with Crippen molar-refractivity contribution >= 4 is 11.8 Å². The molecule has 0 N–H and O–H groups in total. The van der Waals surface area contributed by atoms with Crippen LogP contribution in [-0.4, -0.2) is 48.3 Å². The molecule has 1 aromatic rings. The predicted octanol–water partition coefficient (Wildman–Crippen LogP) is 2.55. The third-order valence-corrected chi connectivity index (χ3v) is 4.89. The van der Waals surface area contributed by atoms with Gasteiger partial charge < -0.3 is 9.80 Å². The molecule has 2 atom stereocenters. The number of benzene rings is 1. The van der Waals surface area contributed by atoms with Gasteiger partial charge in [-0.1, -0.05) is 31.5 Å². The molecular formula is C19H25N3O2. The summed E-state index contributed by atoms with van der Waals surface area (Å²) in [6, 6.07) is 11.3. The maximum atomic E-state index is 12.6. The van der Waals surface area contributed by atoms with Crippen LogP contribution in [0.2, 0.25) is 0 Å². The van der Waals surface area contributed by atoms with Crippen LogP contribution in [0.3, 0.4) is 0 Å². The topological polar surface area (TPSA) is 64.4 Å². The normalized spacial score (nSPS) is 20.3. The lowest BCUT2D eigenvalue weighted by Crippen LogP contribution is -2.45. The number of carbonyl (C=O) groups excluding carboxylic acids is 2. The van der Waals surface area contributed by atoms with Crippen LogP contribution in [0, 0.1) is 23.2 Å². The second kappa shape index (κ2) is 8.49. The minimum atomic E-state index is 0.0165. The standard InChI is InChI=1S/C19H25N3O2/c1-3-15-14-22(19(24)16-7-5-4-6-8-16)11-9-17(15)13-18(23)21(2)12-10-20/h4-8,15,17H,3,9,11-14H2,1-2H3/t15-,17-/m0/s1. The molecule has 1 aliphatic heterocycles.